The van der Waals surface area contributed by atoms with Gasteiger partial charge in [0.1, 0.15) is 5.69 Å². The molecule has 1 aliphatic rings. The lowest BCUT2D eigenvalue weighted by Gasteiger charge is -2.25. The molecule has 0 radical (unpaired) electrons. The molecule has 2 aromatic rings. The normalized spacial score (nSPS) is 19.9. The molecular formula is C12H15N3O2S. The summed E-state index contributed by atoms with van der Waals surface area (Å²) < 4.78 is 6.52. The molecule has 0 aromatic carbocycles. The summed E-state index contributed by atoms with van der Waals surface area (Å²) in [6, 6.07) is 2.27. The van der Waals surface area contributed by atoms with Crippen molar-refractivity contribution in [2.75, 3.05) is 24.0 Å². The molecular weight excluding hydrogens is 250 g/mol. The monoisotopic (exact) mass is 265 g/mol. The minimum atomic E-state index is 0.290. The average Bonchev–Trinajstić information content (AvgIpc) is 2.89. The molecule has 0 spiro atoms. The van der Waals surface area contributed by atoms with Crippen LogP contribution in [0.5, 0.6) is 0 Å². The van der Waals surface area contributed by atoms with Crippen LogP contribution >= 0.6 is 11.3 Å². The Morgan fingerprint density at radius 3 is 3.22 bits per heavy atom. The highest BCUT2D eigenvalue weighted by atomic mass is 32.1. The number of aromatic nitrogens is 1. The number of anilines is 2. The average molecular weight is 265 g/mol. The van der Waals surface area contributed by atoms with Crippen LogP contribution in [0.1, 0.15) is 12.8 Å². The molecule has 0 amide bonds. The molecule has 3 heterocycles. The SMILES string of the molecule is ONc1cnc2ccsc2c1NC1CCCOC1. The van der Waals surface area contributed by atoms with Crippen LogP contribution in [0.25, 0.3) is 10.2 Å². The number of rotatable bonds is 3. The van der Waals surface area contributed by atoms with Gasteiger partial charge in [-0.2, -0.15) is 0 Å². The number of pyridine rings is 1. The highest BCUT2D eigenvalue weighted by molar-refractivity contribution is 7.17. The van der Waals surface area contributed by atoms with Gasteiger partial charge in [0.25, 0.3) is 0 Å². The Hall–Kier alpha value is -1.37. The molecule has 96 valence electrons. The van der Waals surface area contributed by atoms with E-state index in [1.807, 2.05) is 11.4 Å². The molecule has 1 unspecified atom stereocenters. The van der Waals surface area contributed by atoms with Crippen molar-refractivity contribution < 1.29 is 9.94 Å². The van der Waals surface area contributed by atoms with Crippen LogP contribution in [-0.2, 0) is 4.74 Å². The van der Waals surface area contributed by atoms with Crippen molar-refractivity contribution in [2.24, 2.45) is 0 Å². The van der Waals surface area contributed by atoms with E-state index < -0.39 is 0 Å². The number of nitrogens with zero attached hydrogens (tertiary/aromatic N) is 1. The summed E-state index contributed by atoms with van der Waals surface area (Å²) in [6.45, 7) is 1.55. The van der Waals surface area contributed by atoms with Crippen LogP contribution in [-0.4, -0.2) is 29.4 Å². The van der Waals surface area contributed by atoms with Gasteiger partial charge >= 0.3 is 0 Å². The standard InChI is InChI=1S/C12H15N3O2S/c16-15-10-6-13-9-3-5-18-12(9)11(10)14-8-2-1-4-17-7-8/h3,5-6,8,15-16H,1-2,4,7H2,(H,13,14). The Morgan fingerprint density at radius 2 is 2.44 bits per heavy atom. The van der Waals surface area contributed by atoms with Crippen LogP contribution in [0, 0.1) is 0 Å². The number of thiophene rings is 1. The lowest BCUT2D eigenvalue weighted by atomic mass is 10.1. The predicted octanol–water partition coefficient (Wildman–Crippen LogP) is 2.69. The van der Waals surface area contributed by atoms with Crippen molar-refractivity contribution >= 4 is 32.9 Å². The Morgan fingerprint density at radius 1 is 1.50 bits per heavy atom. The maximum atomic E-state index is 9.19. The van der Waals surface area contributed by atoms with Gasteiger partial charge in [-0.1, -0.05) is 0 Å². The third kappa shape index (κ3) is 2.14. The van der Waals surface area contributed by atoms with Gasteiger partial charge in [0.2, 0.25) is 0 Å². The summed E-state index contributed by atoms with van der Waals surface area (Å²) in [4.78, 5) is 4.28. The van der Waals surface area contributed by atoms with Crippen molar-refractivity contribution in [1.29, 1.82) is 0 Å². The van der Waals surface area contributed by atoms with E-state index in [4.69, 9.17) is 4.74 Å². The van der Waals surface area contributed by atoms with E-state index in [0.717, 1.165) is 35.4 Å². The second kappa shape index (κ2) is 5.09. The fourth-order valence-corrected chi connectivity index (χ4v) is 3.06. The van der Waals surface area contributed by atoms with Crippen LogP contribution < -0.4 is 10.8 Å². The molecule has 3 rings (SSSR count). The number of nitrogens with one attached hydrogen (secondary N) is 2. The summed E-state index contributed by atoms with van der Waals surface area (Å²) in [7, 11) is 0. The molecule has 5 nitrogen and oxygen atoms in total. The van der Waals surface area contributed by atoms with Crippen LogP contribution in [0.15, 0.2) is 17.6 Å². The lowest BCUT2D eigenvalue weighted by Crippen LogP contribution is -2.30. The largest absolute Gasteiger partial charge is 0.379 e. The first-order valence-electron chi connectivity index (χ1n) is 5.99. The molecule has 1 atom stereocenters. The molecule has 3 N–H and O–H groups in total. The minimum absolute atomic E-state index is 0.290. The molecule has 1 saturated heterocycles. The van der Waals surface area contributed by atoms with Gasteiger partial charge in [-0.3, -0.25) is 15.7 Å². The van der Waals surface area contributed by atoms with E-state index in [9.17, 15) is 5.21 Å². The summed E-state index contributed by atoms with van der Waals surface area (Å²) in [5.74, 6) is 0. The highest BCUT2D eigenvalue weighted by Gasteiger charge is 2.17. The molecule has 18 heavy (non-hydrogen) atoms. The van der Waals surface area contributed by atoms with E-state index in [1.54, 1.807) is 17.5 Å². The molecule has 0 saturated carbocycles. The third-order valence-electron chi connectivity index (χ3n) is 3.10. The summed E-state index contributed by atoms with van der Waals surface area (Å²) in [6.07, 6.45) is 3.79. The zero-order valence-electron chi connectivity index (χ0n) is 9.85. The third-order valence-corrected chi connectivity index (χ3v) is 4.02. The van der Waals surface area contributed by atoms with Crippen molar-refractivity contribution in [3.63, 3.8) is 0 Å². The van der Waals surface area contributed by atoms with Gasteiger partial charge in [-0.15, -0.1) is 11.3 Å². The van der Waals surface area contributed by atoms with Crippen molar-refractivity contribution in [1.82, 2.24) is 4.98 Å². The van der Waals surface area contributed by atoms with Crippen LogP contribution in [0.2, 0.25) is 0 Å². The number of hydrogen-bond acceptors (Lipinski definition) is 6. The second-order valence-corrected chi connectivity index (χ2v) is 5.27. The summed E-state index contributed by atoms with van der Waals surface area (Å²) >= 11 is 1.62. The molecule has 1 aliphatic heterocycles. The zero-order chi connectivity index (χ0) is 12.4. The Labute approximate surface area is 109 Å². The molecule has 0 bridgehead atoms. The molecule has 1 fully saturated rings. The fraction of sp³-hybridized carbons (Fsp3) is 0.417. The van der Waals surface area contributed by atoms with Gasteiger partial charge in [0.05, 0.1) is 28.7 Å². The van der Waals surface area contributed by atoms with Crippen LogP contribution in [0.3, 0.4) is 0 Å². The number of hydrogen-bond donors (Lipinski definition) is 3. The Balaban J connectivity index is 1.94. The molecule has 6 heteroatoms. The van der Waals surface area contributed by atoms with Crippen molar-refractivity contribution in [3.8, 4) is 0 Å². The van der Waals surface area contributed by atoms with Gasteiger partial charge in [-0.05, 0) is 24.3 Å². The minimum Gasteiger partial charge on any atom is -0.379 e. The highest BCUT2D eigenvalue weighted by Crippen LogP contribution is 2.34. The first-order valence-corrected chi connectivity index (χ1v) is 6.87. The quantitative estimate of drug-likeness (QED) is 0.745. The smallest absolute Gasteiger partial charge is 0.103 e. The zero-order valence-corrected chi connectivity index (χ0v) is 10.7. The van der Waals surface area contributed by atoms with Gasteiger partial charge in [-0.25, -0.2) is 0 Å². The van der Waals surface area contributed by atoms with Gasteiger partial charge in [0, 0.05) is 12.6 Å². The number of fused-ring (bicyclic) bond motifs is 1. The maximum absolute atomic E-state index is 9.19. The summed E-state index contributed by atoms with van der Waals surface area (Å²) in [5, 5.41) is 14.6. The predicted molar refractivity (Wildman–Crippen MR) is 72.5 cm³/mol. The second-order valence-electron chi connectivity index (χ2n) is 4.35. The lowest BCUT2D eigenvalue weighted by molar-refractivity contribution is 0.0876. The molecule has 2 aromatic heterocycles. The Bertz CT molecular complexity index is 537. The number of ether oxygens (including phenoxy) is 1. The van der Waals surface area contributed by atoms with Crippen LogP contribution in [0.4, 0.5) is 11.4 Å². The Kier molecular flexibility index (Phi) is 3.31. The van der Waals surface area contributed by atoms with E-state index in [1.165, 1.54) is 0 Å². The maximum Gasteiger partial charge on any atom is 0.103 e. The van der Waals surface area contributed by atoms with Gasteiger partial charge < -0.3 is 10.1 Å². The topological polar surface area (TPSA) is 66.4 Å². The fourth-order valence-electron chi connectivity index (χ4n) is 2.20. The van der Waals surface area contributed by atoms with Gasteiger partial charge in [0.15, 0.2) is 0 Å². The van der Waals surface area contributed by atoms with E-state index in [-0.39, 0.29) is 0 Å². The van der Waals surface area contributed by atoms with E-state index in [0.29, 0.717) is 18.3 Å². The van der Waals surface area contributed by atoms with E-state index >= 15 is 0 Å². The first-order chi connectivity index (χ1) is 8.88. The summed E-state index contributed by atoms with van der Waals surface area (Å²) in [5.41, 5.74) is 4.67. The van der Waals surface area contributed by atoms with Crippen molar-refractivity contribution in [3.05, 3.63) is 17.6 Å². The van der Waals surface area contributed by atoms with E-state index in [2.05, 4.69) is 15.8 Å². The van der Waals surface area contributed by atoms with Crippen molar-refractivity contribution in [2.45, 2.75) is 18.9 Å². The first kappa shape index (κ1) is 11.7. The molecule has 0 aliphatic carbocycles.